The van der Waals surface area contributed by atoms with Crippen molar-refractivity contribution in [2.24, 2.45) is 0 Å². The highest BCUT2D eigenvalue weighted by atomic mass is 16.5. The van der Waals surface area contributed by atoms with E-state index >= 15 is 0 Å². The third kappa shape index (κ3) is 4.03. The van der Waals surface area contributed by atoms with Gasteiger partial charge in [-0.2, -0.15) is 0 Å². The smallest absolute Gasteiger partial charge is 0.354 e. The molecule has 1 aromatic rings. The summed E-state index contributed by atoms with van der Waals surface area (Å²) in [5.41, 5.74) is 0.266. The maximum atomic E-state index is 11.8. The number of aromatic carboxylic acids is 1. The van der Waals surface area contributed by atoms with Crippen LogP contribution in [0.25, 0.3) is 0 Å². The molecule has 0 aromatic carbocycles. The molecule has 2 rings (SSSR count). The molecule has 108 valence electrons. The highest BCUT2D eigenvalue weighted by molar-refractivity contribution is 5.94. The molecule has 1 fully saturated rings. The molecule has 0 spiro atoms. The van der Waals surface area contributed by atoms with Crippen LogP contribution in [0.5, 0.6) is 0 Å². The number of hydrogen-bond acceptors (Lipinski definition) is 4. The van der Waals surface area contributed by atoms with Crippen molar-refractivity contribution in [3.8, 4) is 0 Å². The van der Waals surface area contributed by atoms with Crippen molar-refractivity contribution in [1.29, 1.82) is 0 Å². The number of pyridine rings is 1. The van der Waals surface area contributed by atoms with Gasteiger partial charge in [-0.3, -0.25) is 4.79 Å². The molecular formula is C14H18N2O4. The number of rotatable bonds is 6. The molecule has 6 heteroatoms. The van der Waals surface area contributed by atoms with Gasteiger partial charge in [-0.05, 0) is 25.0 Å². The van der Waals surface area contributed by atoms with Gasteiger partial charge in [0.05, 0.1) is 18.3 Å². The fourth-order valence-electron chi connectivity index (χ4n) is 2.20. The van der Waals surface area contributed by atoms with Gasteiger partial charge < -0.3 is 15.2 Å². The molecule has 1 aliphatic rings. The van der Waals surface area contributed by atoms with Crippen LogP contribution in [-0.4, -0.2) is 41.2 Å². The lowest BCUT2D eigenvalue weighted by Gasteiger charge is -2.11. The van der Waals surface area contributed by atoms with Gasteiger partial charge >= 0.3 is 5.97 Å². The van der Waals surface area contributed by atoms with Gasteiger partial charge in [0.25, 0.3) is 5.91 Å². The Morgan fingerprint density at radius 2 is 2.10 bits per heavy atom. The minimum atomic E-state index is -1.11. The van der Waals surface area contributed by atoms with Gasteiger partial charge in [-0.25, -0.2) is 9.78 Å². The van der Waals surface area contributed by atoms with Gasteiger partial charge in [-0.15, -0.1) is 0 Å². The van der Waals surface area contributed by atoms with Crippen LogP contribution < -0.4 is 5.32 Å². The van der Waals surface area contributed by atoms with E-state index < -0.39 is 5.97 Å². The van der Waals surface area contributed by atoms with Crippen LogP contribution >= 0.6 is 0 Å². The molecule has 2 N–H and O–H groups in total. The molecule has 1 aliphatic carbocycles. The number of nitrogens with zero attached hydrogens (tertiary/aromatic N) is 1. The van der Waals surface area contributed by atoms with Crippen molar-refractivity contribution in [2.45, 2.75) is 31.8 Å². The van der Waals surface area contributed by atoms with Crippen molar-refractivity contribution in [1.82, 2.24) is 10.3 Å². The zero-order valence-electron chi connectivity index (χ0n) is 11.2. The highest BCUT2D eigenvalue weighted by Gasteiger charge is 2.15. The lowest BCUT2D eigenvalue weighted by Crippen LogP contribution is -2.28. The van der Waals surface area contributed by atoms with E-state index in [1.165, 1.54) is 31.2 Å². The molecule has 0 saturated heterocycles. The van der Waals surface area contributed by atoms with Crippen LogP contribution in [0.3, 0.4) is 0 Å². The maximum absolute atomic E-state index is 11.8. The first-order chi connectivity index (χ1) is 9.66. The molecule has 0 bridgehead atoms. The first kappa shape index (κ1) is 14.5. The quantitative estimate of drug-likeness (QED) is 0.769. The zero-order chi connectivity index (χ0) is 14.4. The second-order valence-corrected chi connectivity index (χ2v) is 4.77. The molecule has 1 aromatic heterocycles. The number of carboxylic acids is 1. The number of aromatic nitrogens is 1. The molecular weight excluding hydrogens is 260 g/mol. The predicted octanol–water partition coefficient (Wildman–Crippen LogP) is 1.47. The van der Waals surface area contributed by atoms with Crippen LogP contribution in [-0.2, 0) is 4.74 Å². The molecule has 0 radical (unpaired) electrons. The SMILES string of the molecule is O=C(NCCOC1CCCC1)c1ccc(C(=O)O)nc1. The summed E-state index contributed by atoms with van der Waals surface area (Å²) in [7, 11) is 0. The summed E-state index contributed by atoms with van der Waals surface area (Å²) in [4.78, 5) is 26.1. The van der Waals surface area contributed by atoms with E-state index in [-0.39, 0.29) is 11.6 Å². The average molecular weight is 278 g/mol. The lowest BCUT2D eigenvalue weighted by molar-refractivity contribution is 0.0582. The lowest BCUT2D eigenvalue weighted by atomic mass is 10.2. The van der Waals surface area contributed by atoms with Crippen LogP contribution in [0.2, 0.25) is 0 Å². The van der Waals surface area contributed by atoms with Gasteiger partial charge in [0.1, 0.15) is 5.69 Å². The molecule has 1 saturated carbocycles. The van der Waals surface area contributed by atoms with Gasteiger partial charge in [0.2, 0.25) is 0 Å². The largest absolute Gasteiger partial charge is 0.477 e. The standard InChI is InChI=1S/C14H18N2O4/c17-13(10-5-6-12(14(18)19)16-9-10)15-7-8-20-11-3-1-2-4-11/h5-6,9,11H,1-4,7-8H2,(H,15,17)(H,18,19). The van der Waals surface area contributed by atoms with Crippen LogP contribution in [0.1, 0.15) is 46.5 Å². The Balaban J connectivity index is 1.72. The van der Waals surface area contributed by atoms with Crippen molar-refractivity contribution >= 4 is 11.9 Å². The number of carbonyl (C=O) groups is 2. The van der Waals surface area contributed by atoms with Crippen LogP contribution in [0.4, 0.5) is 0 Å². The van der Waals surface area contributed by atoms with E-state index in [9.17, 15) is 9.59 Å². The summed E-state index contributed by atoms with van der Waals surface area (Å²) in [6.07, 6.45) is 6.25. The van der Waals surface area contributed by atoms with Crippen molar-refractivity contribution in [3.05, 3.63) is 29.6 Å². The fourth-order valence-corrected chi connectivity index (χ4v) is 2.20. The summed E-state index contributed by atoms with van der Waals surface area (Å²) in [5.74, 6) is -1.38. The summed E-state index contributed by atoms with van der Waals surface area (Å²) >= 11 is 0. The van der Waals surface area contributed by atoms with E-state index in [2.05, 4.69) is 10.3 Å². The third-order valence-electron chi connectivity index (χ3n) is 3.29. The van der Waals surface area contributed by atoms with E-state index in [4.69, 9.17) is 9.84 Å². The number of carboxylic acid groups (broad SMARTS) is 1. The van der Waals surface area contributed by atoms with E-state index in [0.717, 1.165) is 12.8 Å². The Bertz CT molecular complexity index is 467. The van der Waals surface area contributed by atoms with E-state index in [1.807, 2.05) is 0 Å². The predicted molar refractivity (Wildman–Crippen MR) is 71.7 cm³/mol. The van der Waals surface area contributed by atoms with Crippen molar-refractivity contribution < 1.29 is 19.4 Å². The molecule has 0 aliphatic heterocycles. The number of amides is 1. The fraction of sp³-hybridized carbons (Fsp3) is 0.500. The average Bonchev–Trinajstić information content (AvgIpc) is 2.96. The maximum Gasteiger partial charge on any atom is 0.354 e. The number of nitrogens with one attached hydrogen (secondary N) is 1. The minimum Gasteiger partial charge on any atom is -0.477 e. The monoisotopic (exact) mass is 278 g/mol. The number of carbonyl (C=O) groups excluding carboxylic acids is 1. The van der Waals surface area contributed by atoms with Crippen molar-refractivity contribution in [3.63, 3.8) is 0 Å². The topological polar surface area (TPSA) is 88.5 Å². The van der Waals surface area contributed by atoms with E-state index in [1.54, 1.807) is 0 Å². The molecule has 6 nitrogen and oxygen atoms in total. The summed E-state index contributed by atoms with van der Waals surface area (Å²) in [6, 6.07) is 2.76. The summed E-state index contributed by atoms with van der Waals surface area (Å²) in [5, 5.41) is 11.4. The zero-order valence-corrected chi connectivity index (χ0v) is 11.2. The molecule has 20 heavy (non-hydrogen) atoms. The van der Waals surface area contributed by atoms with Crippen LogP contribution in [0.15, 0.2) is 18.3 Å². The summed E-state index contributed by atoms with van der Waals surface area (Å²) < 4.78 is 5.63. The molecule has 1 heterocycles. The summed E-state index contributed by atoms with van der Waals surface area (Å²) in [6.45, 7) is 0.938. The Hall–Kier alpha value is -1.95. The highest BCUT2D eigenvalue weighted by Crippen LogP contribution is 2.20. The first-order valence-electron chi connectivity index (χ1n) is 6.76. The van der Waals surface area contributed by atoms with Crippen LogP contribution in [0, 0.1) is 0 Å². The molecule has 0 unspecified atom stereocenters. The van der Waals surface area contributed by atoms with Gasteiger partial charge in [0, 0.05) is 12.7 Å². The second kappa shape index (κ2) is 7.00. The first-order valence-corrected chi connectivity index (χ1v) is 6.76. The van der Waals surface area contributed by atoms with Gasteiger partial charge in [0.15, 0.2) is 0 Å². The second-order valence-electron chi connectivity index (χ2n) is 4.77. The number of hydrogen-bond donors (Lipinski definition) is 2. The van der Waals surface area contributed by atoms with Gasteiger partial charge in [-0.1, -0.05) is 12.8 Å². The molecule has 0 atom stereocenters. The Kier molecular flexibility index (Phi) is 5.06. The van der Waals surface area contributed by atoms with Crippen molar-refractivity contribution in [2.75, 3.05) is 13.2 Å². The Labute approximate surface area is 117 Å². The van der Waals surface area contributed by atoms with E-state index in [0.29, 0.717) is 24.8 Å². The minimum absolute atomic E-state index is 0.0777. The Morgan fingerprint density at radius 3 is 2.70 bits per heavy atom. The normalized spacial score (nSPS) is 15.2. The molecule has 1 amide bonds. The third-order valence-corrected chi connectivity index (χ3v) is 3.29. The Morgan fingerprint density at radius 1 is 1.35 bits per heavy atom. The number of ether oxygens (including phenoxy) is 1.